The van der Waals surface area contributed by atoms with Crippen LogP contribution in [0, 0.1) is 0 Å². The van der Waals surface area contributed by atoms with Crippen molar-refractivity contribution in [2.24, 2.45) is 0 Å². The van der Waals surface area contributed by atoms with Crippen molar-refractivity contribution >= 4 is 17.6 Å². The second-order valence-electron chi connectivity index (χ2n) is 7.46. The van der Waals surface area contributed by atoms with E-state index in [0.717, 1.165) is 17.0 Å². The van der Waals surface area contributed by atoms with Crippen LogP contribution in [-0.2, 0) is 16.1 Å². The van der Waals surface area contributed by atoms with Gasteiger partial charge >= 0.3 is 5.97 Å². The van der Waals surface area contributed by atoms with Gasteiger partial charge in [0.1, 0.15) is 24.5 Å². The molecule has 1 heterocycles. The Labute approximate surface area is 189 Å². The summed E-state index contributed by atoms with van der Waals surface area (Å²) in [6.45, 7) is 3.67. The fourth-order valence-electron chi connectivity index (χ4n) is 3.18. The second kappa shape index (κ2) is 11.0. The van der Waals surface area contributed by atoms with Crippen LogP contribution in [0.25, 0.3) is 11.3 Å². The highest BCUT2D eigenvalue weighted by atomic mass is 16.5. The molecule has 1 unspecified atom stereocenters. The molecule has 2 N–H and O–H groups in total. The van der Waals surface area contributed by atoms with Crippen molar-refractivity contribution in [2.45, 2.75) is 32.8 Å². The molecule has 3 aromatic rings. The van der Waals surface area contributed by atoms with Crippen LogP contribution in [0.15, 0.2) is 71.3 Å². The summed E-state index contributed by atoms with van der Waals surface area (Å²) in [4.78, 5) is 24.0. The van der Waals surface area contributed by atoms with E-state index in [2.05, 4.69) is 5.32 Å². The molecule has 7 heteroatoms. The molecule has 2 aromatic carbocycles. The zero-order valence-electron chi connectivity index (χ0n) is 19.2. The number of nitrogens with zero attached hydrogens (tertiary/aromatic N) is 1. The zero-order chi connectivity index (χ0) is 23.8. The number of anilines is 1. The first-order valence-corrected chi connectivity index (χ1v) is 10.4. The molecular formula is C25H28N2O5. The van der Waals surface area contributed by atoms with Gasteiger partial charge in [-0.3, -0.25) is 9.59 Å². The Balaban J connectivity index is 1.72. The van der Waals surface area contributed by atoms with E-state index in [1.807, 2.05) is 73.3 Å². The maximum absolute atomic E-state index is 11.5. The van der Waals surface area contributed by atoms with E-state index in [1.165, 1.54) is 0 Å². The molecule has 1 atom stereocenters. The molecule has 0 aliphatic heterocycles. The molecule has 0 saturated heterocycles. The number of carbonyl (C=O) groups is 2. The Hall–Kier alpha value is -3.74. The quantitative estimate of drug-likeness (QED) is 0.343. The van der Waals surface area contributed by atoms with E-state index in [9.17, 15) is 9.59 Å². The molecule has 0 radical (unpaired) electrons. The number of furan rings is 1. The van der Waals surface area contributed by atoms with Crippen molar-refractivity contribution in [3.05, 3.63) is 72.5 Å². The average molecular weight is 438 g/mol. The maximum Gasteiger partial charge on any atom is 0.312 e. The molecule has 1 amide bonds. The summed E-state index contributed by atoms with van der Waals surface area (Å²) >= 11 is 0. The number of benzene rings is 2. The fourth-order valence-corrected chi connectivity index (χ4v) is 3.18. The van der Waals surface area contributed by atoms with Gasteiger partial charge in [-0.15, -0.1) is 0 Å². The zero-order valence-corrected chi connectivity index (χ0v) is 18.2. The summed E-state index contributed by atoms with van der Waals surface area (Å²) in [7, 11) is 0. The summed E-state index contributed by atoms with van der Waals surface area (Å²) in [6, 6.07) is 19.0. The predicted molar refractivity (Wildman–Crippen MR) is 123 cm³/mol. The third-order valence-electron chi connectivity index (χ3n) is 4.72. The topological polar surface area (TPSA) is 92.0 Å². The van der Waals surface area contributed by atoms with Crippen molar-refractivity contribution in [2.75, 3.05) is 18.1 Å². The van der Waals surface area contributed by atoms with Crippen molar-refractivity contribution in [3.63, 3.8) is 0 Å². The average Bonchev–Trinajstić information content (AvgIpc) is 3.32. The van der Waals surface area contributed by atoms with Gasteiger partial charge in [-0.1, -0.05) is 18.2 Å². The Morgan fingerprint density at radius 2 is 1.88 bits per heavy atom. The molecule has 1 aromatic heterocycles. The lowest BCUT2D eigenvalue weighted by atomic mass is 10.1. The Bertz CT molecular complexity index is 1050. The lowest BCUT2D eigenvalue weighted by Gasteiger charge is -2.30. The molecule has 3 rings (SSSR count). The molecule has 168 valence electrons. The van der Waals surface area contributed by atoms with Gasteiger partial charge in [0.15, 0.2) is 0 Å². The summed E-state index contributed by atoms with van der Waals surface area (Å²) in [5.41, 5.74) is 2.55. The third kappa shape index (κ3) is 6.38. The summed E-state index contributed by atoms with van der Waals surface area (Å²) in [6.07, 6.45) is 1.06. The van der Waals surface area contributed by atoms with E-state index in [0.29, 0.717) is 11.3 Å². The van der Waals surface area contributed by atoms with Gasteiger partial charge in [-0.25, -0.2) is 0 Å². The minimum absolute atomic E-state index is 0.0466. The van der Waals surface area contributed by atoms with Gasteiger partial charge in [0, 0.05) is 29.4 Å². The number of para-hydroxylation sites is 1. The van der Waals surface area contributed by atoms with Gasteiger partial charge < -0.3 is 24.5 Å². The minimum Gasteiger partial charge on any atom is -0.491 e. The summed E-state index contributed by atoms with van der Waals surface area (Å²) < 4.78 is 20.3. The number of carbonyl (C=O) groups excluding carboxylic acids is 1. The van der Waals surface area contributed by atoms with Gasteiger partial charge in [0.25, 0.3) is 0 Å². The second-order valence-corrected chi connectivity index (χ2v) is 7.46. The van der Waals surface area contributed by atoms with Crippen LogP contribution >= 0.6 is 0 Å². The van der Waals surface area contributed by atoms with E-state index in [1.54, 1.807) is 12.3 Å². The highest BCUT2D eigenvalue weighted by Crippen LogP contribution is 2.28. The molecule has 32 heavy (non-hydrogen) atoms. The standard InChI is InChI=1S/C25H28N2O5/c1-18(2)27(21-11-9-19(10-12-21)22-8-5-14-31-22)17-20-6-3-4-7-23(20)32-15-13-26-24(28)16-25(29)30/h3-12,14,18H,13,15-17H2,1-2H3,(H,26,28)(H,29,30)/i17D. The number of hydrogen-bond donors (Lipinski definition) is 2. The first kappa shape index (κ1) is 21.5. The normalized spacial score (nSPS) is 12.2. The Morgan fingerprint density at radius 3 is 2.53 bits per heavy atom. The smallest absolute Gasteiger partial charge is 0.312 e. The summed E-state index contributed by atoms with van der Waals surface area (Å²) in [5, 5.41) is 11.2. The molecule has 0 aliphatic rings. The largest absolute Gasteiger partial charge is 0.491 e. The van der Waals surface area contributed by atoms with Crippen molar-refractivity contribution in [3.8, 4) is 17.1 Å². The molecule has 0 bridgehead atoms. The van der Waals surface area contributed by atoms with Gasteiger partial charge in [0.2, 0.25) is 5.91 Å². The van der Waals surface area contributed by atoms with Gasteiger partial charge in [-0.05, 0) is 56.3 Å². The number of hydrogen-bond acceptors (Lipinski definition) is 5. The number of ether oxygens (including phenoxy) is 1. The van der Waals surface area contributed by atoms with Crippen LogP contribution in [-0.4, -0.2) is 36.2 Å². The maximum atomic E-state index is 11.5. The van der Waals surface area contributed by atoms with E-state index in [-0.39, 0.29) is 19.2 Å². The SMILES string of the molecule is [2H]C(c1ccccc1OCCNC(=O)CC(=O)O)N(c1ccc(-c2ccco2)cc1)C(C)C. The van der Waals surface area contributed by atoms with Crippen LogP contribution in [0.4, 0.5) is 5.69 Å². The number of rotatable bonds is 11. The van der Waals surface area contributed by atoms with E-state index < -0.39 is 24.8 Å². The molecule has 0 saturated carbocycles. The van der Waals surface area contributed by atoms with Crippen molar-refractivity contribution in [1.29, 1.82) is 0 Å². The highest BCUT2D eigenvalue weighted by molar-refractivity contribution is 5.93. The van der Waals surface area contributed by atoms with Crippen LogP contribution in [0.5, 0.6) is 5.75 Å². The molecule has 0 fully saturated rings. The molecular weight excluding hydrogens is 408 g/mol. The van der Waals surface area contributed by atoms with E-state index >= 15 is 0 Å². The molecule has 0 aliphatic carbocycles. The van der Waals surface area contributed by atoms with Crippen LogP contribution < -0.4 is 15.0 Å². The number of amides is 1. The van der Waals surface area contributed by atoms with Crippen LogP contribution in [0.2, 0.25) is 0 Å². The predicted octanol–water partition coefficient (Wildman–Crippen LogP) is 4.33. The first-order chi connectivity index (χ1) is 15.9. The van der Waals surface area contributed by atoms with Gasteiger partial charge in [-0.2, -0.15) is 0 Å². The van der Waals surface area contributed by atoms with Gasteiger partial charge in [0.05, 0.1) is 14.2 Å². The Morgan fingerprint density at radius 1 is 1.12 bits per heavy atom. The lowest BCUT2D eigenvalue weighted by molar-refractivity contribution is -0.140. The number of carboxylic acid groups (broad SMARTS) is 1. The molecule has 7 nitrogen and oxygen atoms in total. The first-order valence-electron chi connectivity index (χ1n) is 11.0. The van der Waals surface area contributed by atoms with Crippen LogP contribution in [0.3, 0.4) is 0 Å². The van der Waals surface area contributed by atoms with Crippen molar-refractivity contribution < 1.29 is 25.2 Å². The van der Waals surface area contributed by atoms with Crippen molar-refractivity contribution in [1.82, 2.24) is 5.32 Å². The van der Waals surface area contributed by atoms with Crippen LogP contribution in [0.1, 0.15) is 27.2 Å². The fraction of sp³-hybridized carbons (Fsp3) is 0.280. The third-order valence-corrected chi connectivity index (χ3v) is 4.72. The molecule has 0 spiro atoms. The summed E-state index contributed by atoms with van der Waals surface area (Å²) in [5.74, 6) is -0.416. The highest BCUT2D eigenvalue weighted by Gasteiger charge is 2.15. The lowest BCUT2D eigenvalue weighted by Crippen LogP contribution is -2.31. The minimum atomic E-state index is -1.18. The van der Waals surface area contributed by atoms with E-state index in [4.69, 9.17) is 15.6 Å². The number of aliphatic carboxylic acids is 1. The number of carboxylic acids is 1. The monoisotopic (exact) mass is 437 g/mol. The number of nitrogens with one attached hydrogen (secondary N) is 1. The Kier molecular flexibility index (Phi) is 7.42.